The summed E-state index contributed by atoms with van der Waals surface area (Å²) < 4.78 is 2.62. The van der Waals surface area contributed by atoms with Crippen molar-refractivity contribution in [3.05, 3.63) is 28.9 Å². The summed E-state index contributed by atoms with van der Waals surface area (Å²) in [7, 11) is 0. The highest BCUT2D eigenvalue weighted by Crippen LogP contribution is 2.22. The van der Waals surface area contributed by atoms with E-state index in [-0.39, 0.29) is 5.41 Å². The van der Waals surface area contributed by atoms with Gasteiger partial charge >= 0.3 is 0 Å². The summed E-state index contributed by atoms with van der Waals surface area (Å²) in [4.78, 5) is 8.97. The Morgan fingerprint density at radius 3 is 2.75 bits per heavy atom. The summed E-state index contributed by atoms with van der Waals surface area (Å²) in [6.07, 6.45) is 4.50. The number of aryl methyl sites for hydroxylation is 1. The molecule has 0 unspecified atom stereocenters. The minimum atomic E-state index is -0.0685. The Morgan fingerprint density at radius 1 is 1.30 bits per heavy atom. The first kappa shape index (κ1) is 14.9. The summed E-state index contributed by atoms with van der Waals surface area (Å²) in [6, 6.07) is 1.89. The molecule has 0 atom stereocenters. The second-order valence-electron chi connectivity index (χ2n) is 5.60. The number of hydrogen-bond donors (Lipinski definition) is 1. The average Bonchev–Trinajstić information content (AvgIpc) is 2.86. The zero-order chi connectivity index (χ0) is 14.6. The Balaban J connectivity index is 1.91. The van der Waals surface area contributed by atoms with E-state index in [2.05, 4.69) is 62.3 Å². The molecule has 0 amide bonds. The van der Waals surface area contributed by atoms with Gasteiger partial charge in [-0.2, -0.15) is 0 Å². The lowest BCUT2D eigenvalue weighted by atomic mass is 9.96. The Bertz CT molecular complexity index is 546. The molecule has 0 bridgehead atoms. The van der Waals surface area contributed by atoms with Crippen molar-refractivity contribution in [2.75, 3.05) is 11.9 Å². The molecule has 0 aliphatic heterocycles. The molecule has 2 aromatic heterocycles. The molecular weight excluding hydrogens is 320 g/mol. The van der Waals surface area contributed by atoms with Crippen LogP contribution in [0.4, 0.5) is 5.82 Å². The molecule has 7 heteroatoms. The van der Waals surface area contributed by atoms with Gasteiger partial charge in [0.05, 0.1) is 6.20 Å². The van der Waals surface area contributed by atoms with Crippen LogP contribution in [0.15, 0.2) is 23.1 Å². The van der Waals surface area contributed by atoms with E-state index in [0.29, 0.717) is 0 Å². The van der Waals surface area contributed by atoms with Gasteiger partial charge in [0.15, 0.2) is 0 Å². The lowest BCUT2D eigenvalue weighted by Gasteiger charge is -2.18. The van der Waals surface area contributed by atoms with E-state index in [1.807, 2.05) is 16.9 Å². The summed E-state index contributed by atoms with van der Waals surface area (Å²) in [6.45, 7) is 7.97. The van der Waals surface area contributed by atoms with Crippen LogP contribution in [-0.2, 0) is 12.0 Å². The summed E-state index contributed by atoms with van der Waals surface area (Å²) in [5, 5.41) is 11.0. The van der Waals surface area contributed by atoms with Gasteiger partial charge in [-0.1, -0.05) is 26.0 Å². The molecule has 0 aromatic carbocycles. The van der Waals surface area contributed by atoms with Crippen LogP contribution in [0, 0.1) is 0 Å². The van der Waals surface area contributed by atoms with Crippen molar-refractivity contribution in [1.29, 1.82) is 0 Å². The summed E-state index contributed by atoms with van der Waals surface area (Å²) in [5.41, 5.74) is -0.0685. The number of rotatable bonds is 5. The van der Waals surface area contributed by atoms with Crippen molar-refractivity contribution >= 4 is 21.7 Å². The first-order valence-corrected chi connectivity index (χ1v) is 7.37. The van der Waals surface area contributed by atoms with Crippen molar-refractivity contribution in [1.82, 2.24) is 25.0 Å². The van der Waals surface area contributed by atoms with E-state index in [1.165, 1.54) is 0 Å². The van der Waals surface area contributed by atoms with Crippen LogP contribution in [0.2, 0.25) is 0 Å². The standard InChI is InChI=1S/C13H19BrN6/c1-13(2,3)12-17-10(14)9-11(18-12)15-5-4-7-20-8-6-16-19-20/h6,8-9H,4-5,7H2,1-3H3,(H,15,17,18). The lowest BCUT2D eigenvalue weighted by molar-refractivity contribution is 0.543. The van der Waals surface area contributed by atoms with Gasteiger partial charge in [0.25, 0.3) is 0 Å². The molecule has 2 aromatic rings. The van der Waals surface area contributed by atoms with Crippen LogP contribution in [0.25, 0.3) is 0 Å². The van der Waals surface area contributed by atoms with E-state index >= 15 is 0 Å². The fourth-order valence-corrected chi connectivity index (χ4v) is 2.04. The second kappa shape index (κ2) is 6.30. The Hall–Kier alpha value is -1.50. The predicted octanol–water partition coefficient (Wildman–Crippen LogP) is 2.63. The van der Waals surface area contributed by atoms with Gasteiger partial charge in [0.2, 0.25) is 0 Å². The van der Waals surface area contributed by atoms with Crippen molar-refractivity contribution < 1.29 is 0 Å². The van der Waals surface area contributed by atoms with Crippen LogP contribution in [0.5, 0.6) is 0 Å². The smallest absolute Gasteiger partial charge is 0.137 e. The normalized spacial score (nSPS) is 11.6. The minimum Gasteiger partial charge on any atom is -0.370 e. The average molecular weight is 339 g/mol. The molecule has 6 nitrogen and oxygen atoms in total. The summed E-state index contributed by atoms with van der Waals surface area (Å²) in [5.74, 6) is 1.67. The Labute approximate surface area is 127 Å². The molecule has 0 aliphatic carbocycles. The van der Waals surface area contributed by atoms with Gasteiger partial charge in [-0.05, 0) is 22.4 Å². The maximum absolute atomic E-state index is 4.55. The molecule has 0 spiro atoms. The molecule has 1 N–H and O–H groups in total. The van der Waals surface area contributed by atoms with E-state index in [0.717, 1.165) is 35.8 Å². The van der Waals surface area contributed by atoms with Crippen LogP contribution >= 0.6 is 15.9 Å². The third-order valence-electron chi connectivity index (χ3n) is 2.71. The number of nitrogens with zero attached hydrogens (tertiary/aromatic N) is 5. The maximum Gasteiger partial charge on any atom is 0.137 e. The Kier molecular flexibility index (Phi) is 4.69. The van der Waals surface area contributed by atoms with Crippen LogP contribution in [-0.4, -0.2) is 31.5 Å². The molecule has 2 heterocycles. The molecule has 0 radical (unpaired) electrons. The minimum absolute atomic E-state index is 0.0685. The van der Waals surface area contributed by atoms with Crippen molar-refractivity contribution in [2.24, 2.45) is 0 Å². The zero-order valence-corrected chi connectivity index (χ0v) is 13.6. The highest BCUT2D eigenvalue weighted by Gasteiger charge is 2.18. The topological polar surface area (TPSA) is 68.5 Å². The molecule has 0 saturated carbocycles. The van der Waals surface area contributed by atoms with E-state index in [1.54, 1.807) is 6.20 Å². The molecule has 2 rings (SSSR count). The molecular formula is C13H19BrN6. The quantitative estimate of drug-likeness (QED) is 0.670. The number of halogens is 1. The summed E-state index contributed by atoms with van der Waals surface area (Å²) >= 11 is 3.43. The van der Waals surface area contributed by atoms with E-state index in [9.17, 15) is 0 Å². The molecule has 108 valence electrons. The molecule has 20 heavy (non-hydrogen) atoms. The highest BCUT2D eigenvalue weighted by molar-refractivity contribution is 9.10. The first-order chi connectivity index (χ1) is 9.45. The monoisotopic (exact) mass is 338 g/mol. The molecule has 0 aliphatic rings. The predicted molar refractivity (Wildman–Crippen MR) is 81.6 cm³/mol. The second-order valence-corrected chi connectivity index (χ2v) is 6.41. The van der Waals surface area contributed by atoms with Gasteiger partial charge in [-0.25, -0.2) is 9.97 Å². The maximum atomic E-state index is 4.55. The van der Waals surface area contributed by atoms with Crippen LogP contribution in [0.3, 0.4) is 0 Å². The highest BCUT2D eigenvalue weighted by atomic mass is 79.9. The third kappa shape index (κ3) is 4.26. The zero-order valence-electron chi connectivity index (χ0n) is 12.0. The van der Waals surface area contributed by atoms with Gasteiger partial charge in [-0.15, -0.1) is 5.10 Å². The van der Waals surface area contributed by atoms with Gasteiger partial charge in [-0.3, -0.25) is 4.68 Å². The largest absolute Gasteiger partial charge is 0.370 e. The fourth-order valence-electron chi connectivity index (χ4n) is 1.65. The number of hydrogen-bond acceptors (Lipinski definition) is 5. The SMILES string of the molecule is CC(C)(C)c1nc(Br)cc(NCCCn2ccnn2)n1. The number of nitrogens with one attached hydrogen (secondary N) is 1. The Morgan fingerprint density at radius 2 is 2.10 bits per heavy atom. The molecule has 0 fully saturated rings. The number of anilines is 1. The lowest BCUT2D eigenvalue weighted by Crippen LogP contribution is -2.18. The van der Waals surface area contributed by atoms with Gasteiger partial charge < -0.3 is 5.32 Å². The van der Waals surface area contributed by atoms with Gasteiger partial charge in [0.1, 0.15) is 16.2 Å². The van der Waals surface area contributed by atoms with Gasteiger partial charge in [0, 0.05) is 30.8 Å². The number of aromatic nitrogens is 5. The van der Waals surface area contributed by atoms with Crippen molar-refractivity contribution in [3.8, 4) is 0 Å². The van der Waals surface area contributed by atoms with Crippen molar-refractivity contribution in [3.63, 3.8) is 0 Å². The van der Waals surface area contributed by atoms with E-state index < -0.39 is 0 Å². The van der Waals surface area contributed by atoms with E-state index in [4.69, 9.17) is 0 Å². The molecule has 0 saturated heterocycles. The fraction of sp³-hybridized carbons (Fsp3) is 0.538. The third-order valence-corrected chi connectivity index (χ3v) is 3.11. The van der Waals surface area contributed by atoms with Crippen molar-refractivity contribution in [2.45, 2.75) is 39.2 Å². The first-order valence-electron chi connectivity index (χ1n) is 6.58. The van der Waals surface area contributed by atoms with Crippen LogP contribution in [0.1, 0.15) is 33.0 Å². The van der Waals surface area contributed by atoms with Crippen LogP contribution < -0.4 is 5.32 Å².